The Morgan fingerprint density at radius 1 is 1.23 bits per heavy atom. The number of ether oxygens (including phenoxy) is 1. The molecule has 22 heavy (non-hydrogen) atoms. The topological polar surface area (TPSA) is 58.6 Å². The standard InChI is InChI=1S/C18H23NO3/c1-3-18(2,10-11-20)19-17(21)13-22-16-9-8-14-6-4-5-7-15(14)12-16/h4-9,12,20H,3,10-11,13H2,1-2H3,(H,19,21). The normalized spacial score (nSPS) is 13.6. The molecule has 0 spiro atoms. The molecule has 0 heterocycles. The van der Waals surface area contributed by atoms with Crippen molar-refractivity contribution in [1.82, 2.24) is 5.32 Å². The van der Waals surface area contributed by atoms with Gasteiger partial charge in [-0.2, -0.15) is 0 Å². The maximum Gasteiger partial charge on any atom is 0.258 e. The SMILES string of the molecule is CCC(C)(CCO)NC(=O)COc1ccc2ccccc2c1. The molecule has 0 aromatic heterocycles. The summed E-state index contributed by atoms with van der Waals surface area (Å²) in [5, 5.41) is 14.2. The van der Waals surface area contributed by atoms with Crippen molar-refractivity contribution >= 4 is 16.7 Å². The van der Waals surface area contributed by atoms with Crippen molar-refractivity contribution in [3.63, 3.8) is 0 Å². The van der Waals surface area contributed by atoms with Gasteiger partial charge in [-0.15, -0.1) is 0 Å². The molecular weight excluding hydrogens is 278 g/mol. The molecule has 1 atom stereocenters. The van der Waals surface area contributed by atoms with Crippen LogP contribution in [-0.2, 0) is 4.79 Å². The van der Waals surface area contributed by atoms with Crippen LogP contribution < -0.4 is 10.1 Å². The number of hydrogen-bond donors (Lipinski definition) is 2. The lowest BCUT2D eigenvalue weighted by atomic mass is 9.95. The number of carbonyl (C=O) groups is 1. The van der Waals surface area contributed by atoms with Crippen molar-refractivity contribution in [2.45, 2.75) is 32.2 Å². The molecule has 2 aromatic carbocycles. The van der Waals surface area contributed by atoms with Gasteiger partial charge < -0.3 is 15.2 Å². The lowest BCUT2D eigenvalue weighted by molar-refractivity contribution is -0.125. The minimum atomic E-state index is -0.390. The van der Waals surface area contributed by atoms with E-state index in [1.165, 1.54) is 0 Å². The van der Waals surface area contributed by atoms with Gasteiger partial charge in [-0.1, -0.05) is 37.3 Å². The van der Waals surface area contributed by atoms with Gasteiger partial charge in [-0.25, -0.2) is 0 Å². The molecule has 1 unspecified atom stereocenters. The van der Waals surface area contributed by atoms with Gasteiger partial charge >= 0.3 is 0 Å². The van der Waals surface area contributed by atoms with Gasteiger partial charge in [-0.3, -0.25) is 4.79 Å². The predicted octanol–water partition coefficient (Wildman–Crippen LogP) is 2.89. The number of benzene rings is 2. The maximum atomic E-state index is 12.0. The van der Waals surface area contributed by atoms with Gasteiger partial charge in [0.05, 0.1) is 0 Å². The summed E-state index contributed by atoms with van der Waals surface area (Å²) in [5.74, 6) is 0.500. The van der Waals surface area contributed by atoms with E-state index in [-0.39, 0.29) is 19.1 Å². The second kappa shape index (κ2) is 7.27. The third-order valence-corrected chi connectivity index (χ3v) is 3.98. The van der Waals surface area contributed by atoms with Crippen LogP contribution in [0.5, 0.6) is 5.75 Å². The highest BCUT2D eigenvalue weighted by molar-refractivity contribution is 5.84. The lowest BCUT2D eigenvalue weighted by Gasteiger charge is -2.28. The second-order valence-electron chi connectivity index (χ2n) is 5.73. The summed E-state index contributed by atoms with van der Waals surface area (Å²) in [4.78, 5) is 12.0. The number of nitrogens with one attached hydrogen (secondary N) is 1. The monoisotopic (exact) mass is 301 g/mol. The zero-order chi connectivity index (χ0) is 16.0. The quantitative estimate of drug-likeness (QED) is 0.826. The van der Waals surface area contributed by atoms with E-state index in [1.54, 1.807) is 0 Å². The summed E-state index contributed by atoms with van der Waals surface area (Å²) in [6, 6.07) is 13.8. The zero-order valence-corrected chi connectivity index (χ0v) is 13.1. The predicted molar refractivity (Wildman–Crippen MR) is 88.0 cm³/mol. The van der Waals surface area contributed by atoms with Gasteiger partial charge in [0, 0.05) is 12.1 Å². The molecule has 0 saturated heterocycles. The number of rotatable bonds is 7. The number of aliphatic hydroxyl groups is 1. The van der Waals surface area contributed by atoms with Crippen LogP contribution in [0.2, 0.25) is 0 Å². The third-order valence-electron chi connectivity index (χ3n) is 3.98. The van der Waals surface area contributed by atoms with Gasteiger partial charge in [0.2, 0.25) is 0 Å². The number of fused-ring (bicyclic) bond motifs is 1. The Hall–Kier alpha value is -2.07. The fraction of sp³-hybridized carbons (Fsp3) is 0.389. The Bertz CT molecular complexity index is 641. The maximum absolute atomic E-state index is 12.0. The molecule has 2 N–H and O–H groups in total. The van der Waals surface area contributed by atoms with E-state index in [9.17, 15) is 4.79 Å². The van der Waals surface area contributed by atoms with Crippen LogP contribution >= 0.6 is 0 Å². The van der Waals surface area contributed by atoms with Crippen LogP contribution in [0.1, 0.15) is 26.7 Å². The Morgan fingerprint density at radius 2 is 1.95 bits per heavy atom. The van der Waals surface area contributed by atoms with Crippen molar-refractivity contribution in [3.05, 3.63) is 42.5 Å². The first-order valence-corrected chi connectivity index (χ1v) is 7.60. The van der Waals surface area contributed by atoms with Crippen molar-refractivity contribution in [1.29, 1.82) is 0 Å². The third kappa shape index (κ3) is 4.21. The fourth-order valence-corrected chi connectivity index (χ4v) is 2.35. The summed E-state index contributed by atoms with van der Waals surface area (Å²) >= 11 is 0. The average Bonchev–Trinajstić information content (AvgIpc) is 2.53. The highest BCUT2D eigenvalue weighted by Crippen LogP contribution is 2.20. The summed E-state index contributed by atoms with van der Waals surface area (Å²) in [7, 11) is 0. The summed E-state index contributed by atoms with van der Waals surface area (Å²) < 4.78 is 5.57. The molecule has 1 amide bonds. The van der Waals surface area contributed by atoms with Crippen LogP contribution in [0.4, 0.5) is 0 Å². The second-order valence-corrected chi connectivity index (χ2v) is 5.73. The number of aliphatic hydroxyl groups excluding tert-OH is 1. The number of hydrogen-bond acceptors (Lipinski definition) is 3. The molecule has 0 aliphatic carbocycles. The van der Waals surface area contributed by atoms with Gasteiger partial charge in [0.15, 0.2) is 6.61 Å². The Balaban J connectivity index is 1.94. The molecule has 0 fully saturated rings. The number of carbonyl (C=O) groups excluding carboxylic acids is 1. The Morgan fingerprint density at radius 3 is 2.64 bits per heavy atom. The summed E-state index contributed by atoms with van der Waals surface area (Å²) in [6.07, 6.45) is 1.29. The molecule has 2 aromatic rings. The fourth-order valence-electron chi connectivity index (χ4n) is 2.35. The van der Waals surface area contributed by atoms with Crippen molar-refractivity contribution in [2.75, 3.05) is 13.2 Å². The van der Waals surface area contributed by atoms with Crippen LogP contribution in [-0.4, -0.2) is 29.8 Å². The molecular formula is C18H23NO3. The van der Waals surface area contributed by atoms with E-state index in [1.807, 2.05) is 56.3 Å². The molecule has 0 bridgehead atoms. The zero-order valence-electron chi connectivity index (χ0n) is 13.1. The van der Waals surface area contributed by atoms with E-state index >= 15 is 0 Å². The van der Waals surface area contributed by atoms with Crippen LogP contribution in [0.3, 0.4) is 0 Å². The summed E-state index contributed by atoms with van der Waals surface area (Å²) in [6.45, 7) is 3.94. The average molecular weight is 301 g/mol. The summed E-state index contributed by atoms with van der Waals surface area (Å²) in [5.41, 5.74) is -0.390. The van der Waals surface area contributed by atoms with E-state index < -0.39 is 5.54 Å². The van der Waals surface area contributed by atoms with Crippen molar-refractivity contribution in [3.8, 4) is 5.75 Å². The minimum Gasteiger partial charge on any atom is -0.484 e. The molecule has 4 nitrogen and oxygen atoms in total. The minimum absolute atomic E-state index is 0.0284. The largest absolute Gasteiger partial charge is 0.484 e. The molecule has 0 saturated carbocycles. The van der Waals surface area contributed by atoms with E-state index in [0.717, 1.165) is 17.2 Å². The molecule has 2 rings (SSSR count). The van der Waals surface area contributed by atoms with Crippen LogP contribution in [0.15, 0.2) is 42.5 Å². The number of amides is 1. The first-order valence-electron chi connectivity index (χ1n) is 7.60. The van der Waals surface area contributed by atoms with Crippen LogP contribution in [0, 0.1) is 0 Å². The van der Waals surface area contributed by atoms with E-state index in [2.05, 4.69) is 5.32 Å². The van der Waals surface area contributed by atoms with E-state index in [0.29, 0.717) is 12.2 Å². The van der Waals surface area contributed by atoms with Crippen molar-refractivity contribution < 1.29 is 14.6 Å². The molecule has 0 radical (unpaired) electrons. The molecule has 0 aliphatic rings. The first kappa shape index (κ1) is 16.3. The smallest absolute Gasteiger partial charge is 0.258 e. The van der Waals surface area contributed by atoms with E-state index in [4.69, 9.17) is 9.84 Å². The molecule has 4 heteroatoms. The Kier molecular flexibility index (Phi) is 5.39. The van der Waals surface area contributed by atoms with Crippen LogP contribution in [0.25, 0.3) is 10.8 Å². The van der Waals surface area contributed by atoms with Crippen molar-refractivity contribution in [2.24, 2.45) is 0 Å². The first-order chi connectivity index (χ1) is 10.6. The molecule has 0 aliphatic heterocycles. The highest BCUT2D eigenvalue weighted by Gasteiger charge is 2.23. The van der Waals surface area contributed by atoms with Gasteiger partial charge in [0.1, 0.15) is 5.75 Å². The molecule has 118 valence electrons. The Labute approximate surface area is 131 Å². The van der Waals surface area contributed by atoms with Gasteiger partial charge in [-0.05, 0) is 42.7 Å². The lowest BCUT2D eigenvalue weighted by Crippen LogP contribution is -2.47. The highest BCUT2D eigenvalue weighted by atomic mass is 16.5. The van der Waals surface area contributed by atoms with Gasteiger partial charge in [0.25, 0.3) is 5.91 Å².